The number of hydrogen-bond acceptors (Lipinski definition) is 5. The van der Waals surface area contributed by atoms with Crippen molar-refractivity contribution in [1.82, 2.24) is 0 Å². The van der Waals surface area contributed by atoms with Gasteiger partial charge in [0.05, 0.1) is 19.5 Å². The fourth-order valence-electron chi connectivity index (χ4n) is 4.13. The average molecular weight is 435 g/mol. The van der Waals surface area contributed by atoms with Gasteiger partial charge in [-0.2, -0.15) is 8.42 Å². The van der Waals surface area contributed by atoms with E-state index >= 15 is 0 Å². The molecule has 1 rings (SSSR count). The fraction of sp³-hybridized carbons (Fsp3) is 1.00. The van der Waals surface area contributed by atoms with E-state index in [0.717, 1.165) is 18.6 Å². The van der Waals surface area contributed by atoms with Gasteiger partial charge in [0.1, 0.15) is 6.10 Å². The SMILES string of the molecule is COC(COCCCCCCCCCCCCC1CCCCC1)COS(C)(=O)=O. The first-order valence-corrected chi connectivity index (χ1v) is 13.8. The van der Waals surface area contributed by atoms with Crippen LogP contribution in [0, 0.1) is 5.92 Å². The van der Waals surface area contributed by atoms with Gasteiger partial charge in [0.15, 0.2) is 0 Å². The van der Waals surface area contributed by atoms with Gasteiger partial charge in [0.2, 0.25) is 0 Å². The van der Waals surface area contributed by atoms with Gasteiger partial charge in [0, 0.05) is 13.7 Å². The van der Waals surface area contributed by atoms with Crippen LogP contribution in [0.15, 0.2) is 0 Å². The van der Waals surface area contributed by atoms with E-state index in [1.165, 1.54) is 103 Å². The third-order valence-electron chi connectivity index (χ3n) is 5.98. The van der Waals surface area contributed by atoms with Gasteiger partial charge in [-0.3, -0.25) is 4.18 Å². The molecule has 1 aliphatic rings. The van der Waals surface area contributed by atoms with Crippen LogP contribution >= 0.6 is 0 Å². The Bertz CT molecular complexity index is 460. The monoisotopic (exact) mass is 434 g/mol. The average Bonchev–Trinajstić information content (AvgIpc) is 2.70. The lowest BCUT2D eigenvalue weighted by molar-refractivity contribution is -0.0138. The maximum atomic E-state index is 11.0. The third-order valence-corrected chi connectivity index (χ3v) is 6.55. The number of rotatable bonds is 19. The lowest BCUT2D eigenvalue weighted by Crippen LogP contribution is -2.26. The van der Waals surface area contributed by atoms with Crippen LogP contribution in [0.25, 0.3) is 0 Å². The Kier molecular flexibility index (Phi) is 16.2. The Morgan fingerprint density at radius 3 is 1.90 bits per heavy atom. The lowest BCUT2D eigenvalue weighted by atomic mass is 9.85. The Morgan fingerprint density at radius 1 is 0.793 bits per heavy atom. The van der Waals surface area contributed by atoms with E-state index in [4.69, 9.17) is 13.7 Å². The maximum Gasteiger partial charge on any atom is 0.264 e. The lowest BCUT2D eigenvalue weighted by Gasteiger charge is -2.21. The molecule has 0 heterocycles. The molecular formula is C23H46O5S. The molecule has 0 N–H and O–H groups in total. The Balaban J connectivity index is 1.78. The minimum Gasteiger partial charge on any atom is -0.379 e. The molecule has 1 unspecified atom stereocenters. The van der Waals surface area contributed by atoms with E-state index in [-0.39, 0.29) is 12.7 Å². The first-order chi connectivity index (χ1) is 14.0. The van der Waals surface area contributed by atoms with Gasteiger partial charge in [-0.25, -0.2) is 0 Å². The summed E-state index contributed by atoms with van der Waals surface area (Å²) in [6.45, 7) is 1.07. The van der Waals surface area contributed by atoms with Crippen LogP contribution in [0.5, 0.6) is 0 Å². The molecule has 0 aromatic carbocycles. The largest absolute Gasteiger partial charge is 0.379 e. The minimum absolute atomic E-state index is 0.00984. The predicted octanol–water partition coefficient (Wildman–Crippen LogP) is 5.87. The van der Waals surface area contributed by atoms with E-state index in [9.17, 15) is 8.42 Å². The summed E-state index contributed by atoms with van der Waals surface area (Å²) in [6, 6.07) is 0. The van der Waals surface area contributed by atoms with Crippen LogP contribution in [0.2, 0.25) is 0 Å². The molecule has 1 fully saturated rings. The van der Waals surface area contributed by atoms with Gasteiger partial charge in [-0.1, -0.05) is 96.3 Å². The first kappa shape index (κ1) is 26.9. The highest BCUT2D eigenvalue weighted by atomic mass is 32.2. The molecule has 0 radical (unpaired) electrons. The van der Waals surface area contributed by atoms with Crippen molar-refractivity contribution >= 4 is 10.1 Å². The second-order valence-corrected chi connectivity index (χ2v) is 10.4. The molecule has 0 spiro atoms. The van der Waals surface area contributed by atoms with E-state index in [1.54, 1.807) is 0 Å². The van der Waals surface area contributed by atoms with E-state index in [1.807, 2.05) is 0 Å². The molecule has 0 aliphatic heterocycles. The van der Waals surface area contributed by atoms with Crippen molar-refractivity contribution in [3.8, 4) is 0 Å². The number of methoxy groups -OCH3 is 1. The van der Waals surface area contributed by atoms with Crippen molar-refractivity contribution in [2.24, 2.45) is 5.92 Å². The van der Waals surface area contributed by atoms with Gasteiger partial charge >= 0.3 is 0 Å². The Morgan fingerprint density at radius 2 is 1.34 bits per heavy atom. The highest BCUT2D eigenvalue weighted by Crippen LogP contribution is 2.28. The predicted molar refractivity (Wildman–Crippen MR) is 120 cm³/mol. The van der Waals surface area contributed by atoms with Crippen molar-refractivity contribution in [3.63, 3.8) is 0 Å². The summed E-state index contributed by atoms with van der Waals surface area (Å²) in [6.07, 6.45) is 22.9. The molecule has 0 amide bonds. The molecule has 1 atom stereocenters. The topological polar surface area (TPSA) is 61.8 Å². The first-order valence-electron chi connectivity index (χ1n) is 12.0. The van der Waals surface area contributed by atoms with E-state index < -0.39 is 10.1 Å². The quantitative estimate of drug-likeness (QED) is 0.188. The second-order valence-electron chi connectivity index (χ2n) is 8.75. The number of unbranched alkanes of at least 4 members (excludes halogenated alkanes) is 9. The summed E-state index contributed by atoms with van der Waals surface area (Å²) in [5.74, 6) is 1.05. The molecular weight excluding hydrogens is 388 g/mol. The smallest absolute Gasteiger partial charge is 0.264 e. The van der Waals surface area contributed by atoms with Crippen molar-refractivity contribution in [3.05, 3.63) is 0 Å². The molecule has 0 saturated heterocycles. The summed E-state index contributed by atoms with van der Waals surface area (Å²) in [4.78, 5) is 0. The summed E-state index contributed by atoms with van der Waals surface area (Å²) in [5, 5.41) is 0. The maximum absolute atomic E-state index is 11.0. The summed E-state index contributed by atoms with van der Waals surface area (Å²) >= 11 is 0. The van der Waals surface area contributed by atoms with Crippen LogP contribution in [0.1, 0.15) is 103 Å². The number of ether oxygens (including phenoxy) is 2. The Hall–Kier alpha value is -0.170. The molecule has 5 nitrogen and oxygen atoms in total. The Labute approximate surface area is 180 Å². The zero-order valence-electron chi connectivity index (χ0n) is 19.0. The van der Waals surface area contributed by atoms with Crippen molar-refractivity contribution in [2.45, 2.75) is 109 Å². The molecule has 174 valence electrons. The van der Waals surface area contributed by atoms with Crippen LogP contribution < -0.4 is 0 Å². The molecule has 0 bridgehead atoms. The molecule has 1 aliphatic carbocycles. The van der Waals surface area contributed by atoms with Gasteiger partial charge in [-0.05, 0) is 12.3 Å². The minimum atomic E-state index is -3.43. The molecule has 0 aromatic heterocycles. The van der Waals surface area contributed by atoms with Crippen molar-refractivity contribution in [2.75, 3.05) is 33.2 Å². The van der Waals surface area contributed by atoms with Crippen molar-refractivity contribution < 1.29 is 22.1 Å². The standard InChI is InChI=1S/C23H46O5S/c1-26-23(21-28-29(2,24)25)20-27-19-15-10-8-6-4-3-5-7-9-12-16-22-17-13-11-14-18-22/h22-23H,3-21H2,1-2H3. The van der Waals surface area contributed by atoms with E-state index in [2.05, 4.69) is 0 Å². The van der Waals surface area contributed by atoms with Gasteiger partial charge in [0.25, 0.3) is 10.1 Å². The van der Waals surface area contributed by atoms with Gasteiger partial charge in [-0.15, -0.1) is 0 Å². The number of hydrogen-bond donors (Lipinski definition) is 0. The molecule has 0 aromatic rings. The van der Waals surface area contributed by atoms with E-state index in [0.29, 0.717) is 13.2 Å². The van der Waals surface area contributed by atoms with Gasteiger partial charge < -0.3 is 9.47 Å². The molecule has 6 heteroatoms. The second kappa shape index (κ2) is 17.5. The van der Waals surface area contributed by atoms with Crippen LogP contribution in [0.3, 0.4) is 0 Å². The summed E-state index contributed by atoms with van der Waals surface area (Å²) in [5.41, 5.74) is 0. The normalized spacial score (nSPS) is 16.9. The van der Waals surface area contributed by atoms with Crippen LogP contribution in [-0.4, -0.2) is 47.7 Å². The highest BCUT2D eigenvalue weighted by molar-refractivity contribution is 7.85. The fourth-order valence-corrected chi connectivity index (χ4v) is 4.52. The zero-order chi connectivity index (χ0) is 21.2. The third kappa shape index (κ3) is 17.2. The summed E-state index contributed by atoms with van der Waals surface area (Å²) in [7, 11) is -1.89. The molecule has 29 heavy (non-hydrogen) atoms. The molecule has 1 saturated carbocycles. The highest BCUT2D eigenvalue weighted by Gasteiger charge is 2.13. The van der Waals surface area contributed by atoms with Crippen LogP contribution in [-0.2, 0) is 23.8 Å². The van der Waals surface area contributed by atoms with Crippen molar-refractivity contribution in [1.29, 1.82) is 0 Å². The summed E-state index contributed by atoms with van der Waals surface area (Å²) < 4.78 is 37.5. The van der Waals surface area contributed by atoms with Crippen LogP contribution in [0.4, 0.5) is 0 Å². The zero-order valence-corrected chi connectivity index (χ0v) is 19.9.